The van der Waals surface area contributed by atoms with Gasteiger partial charge in [-0.1, -0.05) is 0 Å². The number of carbonyl (C=O) groups is 1. The van der Waals surface area contributed by atoms with Gasteiger partial charge in [-0.25, -0.2) is 9.37 Å². The summed E-state index contributed by atoms with van der Waals surface area (Å²) in [5, 5.41) is 34.9. The molecule has 3 rings (SSSR count). The Bertz CT molecular complexity index is 1250. The van der Waals surface area contributed by atoms with Crippen molar-refractivity contribution < 1.29 is 24.1 Å². The lowest BCUT2D eigenvalue weighted by Gasteiger charge is -2.27. The number of anilines is 1. The van der Waals surface area contributed by atoms with E-state index in [0.29, 0.717) is 11.8 Å². The fourth-order valence-electron chi connectivity index (χ4n) is 3.32. The summed E-state index contributed by atoms with van der Waals surface area (Å²) >= 11 is 0. The predicted molar refractivity (Wildman–Crippen MR) is 116 cm³/mol. The first-order chi connectivity index (χ1) is 15.5. The average molecular weight is 454 g/mol. The summed E-state index contributed by atoms with van der Waals surface area (Å²) in [7, 11) is 4.36. The molecule has 1 unspecified atom stereocenters. The van der Waals surface area contributed by atoms with Gasteiger partial charge in [-0.2, -0.15) is 10.4 Å². The fraction of sp³-hybridized carbons (Fsp3) is 0.273. The van der Waals surface area contributed by atoms with Crippen molar-refractivity contribution in [2.24, 2.45) is 7.05 Å². The van der Waals surface area contributed by atoms with Crippen molar-refractivity contribution in [2.75, 3.05) is 19.8 Å². The van der Waals surface area contributed by atoms with Crippen LogP contribution in [-0.2, 0) is 13.0 Å². The average Bonchev–Trinajstić information content (AvgIpc) is 3.11. The maximum Gasteiger partial charge on any atom is 0.273 e. The Morgan fingerprint density at radius 1 is 1.36 bits per heavy atom. The number of aldehydes is 1. The van der Waals surface area contributed by atoms with Crippen molar-refractivity contribution in [1.29, 1.82) is 5.26 Å². The summed E-state index contributed by atoms with van der Waals surface area (Å²) in [6.45, 7) is 1.61. The van der Waals surface area contributed by atoms with E-state index in [1.165, 1.54) is 56.3 Å². The molecule has 4 N–H and O–H groups in total. The van der Waals surface area contributed by atoms with Crippen LogP contribution < -0.4 is 10.5 Å². The number of hydrogen-bond acceptors (Lipinski definition) is 9. The number of rotatable bonds is 7. The van der Waals surface area contributed by atoms with Crippen LogP contribution in [0, 0.1) is 17.1 Å². The minimum atomic E-state index is -2.49. The molecule has 0 aliphatic heterocycles. The van der Waals surface area contributed by atoms with Gasteiger partial charge in [0.2, 0.25) is 0 Å². The number of nitrogen functional groups attached to an aromatic ring is 1. The molecule has 172 valence electrons. The Kier molecular flexibility index (Phi) is 6.46. The SMILES string of the molecule is CC(Oc1cc(-c2c(C(O)(O)N(C)C)nn(C)c2C#N)cnc1N)c1cc(F)ccc1C=O. The van der Waals surface area contributed by atoms with Gasteiger partial charge in [0.1, 0.15) is 35.7 Å². The highest BCUT2D eigenvalue weighted by Gasteiger charge is 2.37. The number of halogens is 1. The summed E-state index contributed by atoms with van der Waals surface area (Å²) in [5.74, 6) is -2.93. The molecule has 0 saturated heterocycles. The molecule has 10 nitrogen and oxygen atoms in total. The predicted octanol–water partition coefficient (Wildman–Crippen LogP) is 1.68. The lowest BCUT2D eigenvalue weighted by molar-refractivity contribution is -0.262. The van der Waals surface area contributed by atoms with Gasteiger partial charge in [0.25, 0.3) is 5.91 Å². The molecule has 0 fully saturated rings. The van der Waals surface area contributed by atoms with Crippen molar-refractivity contribution in [3.05, 3.63) is 58.8 Å². The molecular weight excluding hydrogens is 431 g/mol. The number of aryl methyl sites for hydroxylation is 1. The Morgan fingerprint density at radius 3 is 2.67 bits per heavy atom. The van der Waals surface area contributed by atoms with Gasteiger partial charge in [-0.3, -0.25) is 14.4 Å². The van der Waals surface area contributed by atoms with Crippen molar-refractivity contribution in [1.82, 2.24) is 19.7 Å². The molecule has 1 atom stereocenters. The van der Waals surface area contributed by atoms with Gasteiger partial charge in [-0.05, 0) is 45.3 Å². The van der Waals surface area contributed by atoms with E-state index in [1.54, 1.807) is 6.92 Å². The number of hydrogen-bond donors (Lipinski definition) is 3. The number of nitrogens with two attached hydrogens (primary N) is 1. The second kappa shape index (κ2) is 8.95. The van der Waals surface area contributed by atoms with E-state index < -0.39 is 17.8 Å². The largest absolute Gasteiger partial charge is 0.482 e. The molecule has 2 aromatic heterocycles. The number of ether oxygens (including phenoxy) is 1. The molecular formula is C22H23FN6O4. The fourth-order valence-corrected chi connectivity index (χ4v) is 3.32. The van der Waals surface area contributed by atoms with Crippen LogP contribution in [0.5, 0.6) is 5.75 Å². The zero-order valence-electron chi connectivity index (χ0n) is 18.4. The van der Waals surface area contributed by atoms with Gasteiger partial charge in [0, 0.05) is 35.5 Å². The van der Waals surface area contributed by atoms with E-state index in [2.05, 4.69) is 10.1 Å². The minimum Gasteiger partial charge on any atom is -0.482 e. The van der Waals surface area contributed by atoms with Crippen molar-refractivity contribution in [2.45, 2.75) is 18.9 Å². The molecule has 11 heteroatoms. The Hall–Kier alpha value is -3.85. The topological polar surface area (TPSA) is 151 Å². The highest BCUT2D eigenvalue weighted by Crippen LogP contribution is 2.37. The van der Waals surface area contributed by atoms with Gasteiger partial charge in [-0.15, -0.1) is 0 Å². The van der Waals surface area contributed by atoms with Crippen molar-refractivity contribution >= 4 is 12.1 Å². The number of nitriles is 1. The van der Waals surface area contributed by atoms with Crippen LogP contribution >= 0.6 is 0 Å². The van der Waals surface area contributed by atoms with Gasteiger partial charge < -0.3 is 20.7 Å². The first kappa shape index (κ1) is 23.8. The maximum atomic E-state index is 13.8. The van der Waals surface area contributed by atoms with Crippen molar-refractivity contribution in [3.8, 4) is 22.9 Å². The van der Waals surface area contributed by atoms with Gasteiger partial charge >= 0.3 is 0 Å². The quantitative estimate of drug-likeness (QED) is 0.358. The smallest absolute Gasteiger partial charge is 0.273 e. The number of carbonyl (C=O) groups excluding carboxylic acids is 1. The molecule has 3 aromatic rings. The van der Waals surface area contributed by atoms with Crippen LogP contribution in [0.3, 0.4) is 0 Å². The molecule has 2 heterocycles. The maximum absolute atomic E-state index is 13.8. The number of pyridine rings is 1. The van der Waals surface area contributed by atoms with Crippen molar-refractivity contribution in [3.63, 3.8) is 0 Å². The summed E-state index contributed by atoms with van der Waals surface area (Å²) in [6.07, 6.45) is 1.16. The normalized spacial score (nSPS) is 12.5. The Labute approximate surface area is 189 Å². The van der Waals surface area contributed by atoms with E-state index >= 15 is 0 Å². The standard InChI is InChI=1S/C22H23FN6O4/c1-12(16-8-15(23)6-5-13(16)11-30)33-18-7-14(10-26-21(18)25)19-17(9-24)29(4)27-20(19)22(31,32)28(2)3/h5-8,10-12,31-32H,1-4H3,(H2,25,26). The lowest BCUT2D eigenvalue weighted by Crippen LogP contribution is -2.42. The van der Waals surface area contributed by atoms with E-state index in [0.717, 1.165) is 4.90 Å². The number of aliphatic hydroxyl groups is 2. The number of aromatic nitrogens is 3. The molecule has 0 amide bonds. The monoisotopic (exact) mass is 454 g/mol. The molecule has 33 heavy (non-hydrogen) atoms. The molecule has 1 aromatic carbocycles. The lowest BCUT2D eigenvalue weighted by atomic mass is 10.0. The van der Waals surface area contributed by atoms with E-state index in [4.69, 9.17) is 10.5 Å². The molecule has 0 saturated carbocycles. The summed E-state index contributed by atoms with van der Waals surface area (Å²) in [6, 6.07) is 7.17. The van der Waals surface area contributed by atoms with Gasteiger partial charge in [0.05, 0.1) is 0 Å². The molecule has 0 aliphatic rings. The highest BCUT2D eigenvalue weighted by atomic mass is 19.1. The van der Waals surface area contributed by atoms with Crippen LogP contribution in [0.25, 0.3) is 11.1 Å². The first-order valence-corrected chi connectivity index (χ1v) is 9.78. The second-order valence-corrected chi connectivity index (χ2v) is 7.60. The zero-order valence-corrected chi connectivity index (χ0v) is 18.4. The van der Waals surface area contributed by atoms with E-state index in [1.807, 2.05) is 6.07 Å². The summed E-state index contributed by atoms with van der Waals surface area (Å²) < 4.78 is 20.9. The highest BCUT2D eigenvalue weighted by molar-refractivity contribution is 5.77. The van der Waals surface area contributed by atoms with Crippen LogP contribution in [0.15, 0.2) is 30.5 Å². The molecule has 0 aliphatic carbocycles. The van der Waals surface area contributed by atoms with E-state index in [-0.39, 0.29) is 39.6 Å². The number of benzene rings is 1. The Balaban J connectivity index is 2.11. The minimum absolute atomic E-state index is 0.00507. The van der Waals surface area contributed by atoms with Crippen LogP contribution in [0.2, 0.25) is 0 Å². The van der Waals surface area contributed by atoms with E-state index in [9.17, 15) is 24.7 Å². The molecule has 0 spiro atoms. The second-order valence-electron chi connectivity index (χ2n) is 7.60. The molecule has 0 radical (unpaired) electrons. The van der Waals surface area contributed by atoms with Gasteiger partial charge in [0.15, 0.2) is 11.6 Å². The van der Waals surface area contributed by atoms with Crippen LogP contribution in [-0.4, -0.2) is 50.3 Å². The summed E-state index contributed by atoms with van der Waals surface area (Å²) in [5.41, 5.74) is 6.82. The Morgan fingerprint density at radius 2 is 2.06 bits per heavy atom. The third-order valence-electron chi connectivity index (χ3n) is 5.18. The summed E-state index contributed by atoms with van der Waals surface area (Å²) in [4.78, 5) is 16.6. The first-order valence-electron chi connectivity index (χ1n) is 9.78. The van der Waals surface area contributed by atoms with Crippen LogP contribution in [0.1, 0.15) is 40.3 Å². The third kappa shape index (κ3) is 4.40. The third-order valence-corrected chi connectivity index (χ3v) is 5.18. The molecule has 0 bridgehead atoms. The van der Waals surface area contributed by atoms with Crippen LogP contribution in [0.4, 0.5) is 10.2 Å². The zero-order chi connectivity index (χ0) is 24.5. The number of nitrogens with zero attached hydrogens (tertiary/aromatic N) is 5.